The largest absolute Gasteiger partial charge is 0.502 e. The molecule has 1 aromatic heterocycles. The summed E-state index contributed by atoms with van der Waals surface area (Å²) in [6, 6.07) is 1.38. The summed E-state index contributed by atoms with van der Waals surface area (Å²) in [7, 11) is 2.93. The molecular weight excluding hydrogens is 172 g/mol. The number of carbonyl (C=O) groups excluding carboxylic acids is 1. The Hall–Kier alpha value is -1.78. The van der Waals surface area contributed by atoms with Crippen molar-refractivity contribution in [3.63, 3.8) is 0 Å². The first-order valence-corrected chi connectivity index (χ1v) is 3.68. The van der Waals surface area contributed by atoms with Crippen molar-refractivity contribution in [1.82, 2.24) is 9.88 Å². The summed E-state index contributed by atoms with van der Waals surface area (Å²) in [6.45, 7) is 0. The highest BCUT2D eigenvalue weighted by molar-refractivity contribution is 5.96. The number of hydrogen-bond donors (Lipinski definition) is 2. The summed E-state index contributed by atoms with van der Waals surface area (Å²) in [5.74, 6) is -1.00. The van der Waals surface area contributed by atoms with E-state index in [1.807, 2.05) is 0 Å². The van der Waals surface area contributed by atoms with E-state index in [4.69, 9.17) is 0 Å². The summed E-state index contributed by atoms with van der Waals surface area (Å²) in [5, 5.41) is 11.6. The third-order valence-electron chi connectivity index (χ3n) is 1.71. The molecule has 1 amide bonds. The SMILES string of the molecule is CNC(=O)c1ccn(C)c(=O)c1O. The quantitative estimate of drug-likeness (QED) is 0.612. The normalized spacial score (nSPS) is 9.69. The molecule has 0 bridgehead atoms. The third-order valence-corrected chi connectivity index (χ3v) is 1.71. The first-order valence-electron chi connectivity index (χ1n) is 3.68. The van der Waals surface area contributed by atoms with Crippen LogP contribution in [-0.2, 0) is 7.05 Å². The Kier molecular flexibility index (Phi) is 2.36. The average molecular weight is 182 g/mol. The molecule has 13 heavy (non-hydrogen) atoms. The van der Waals surface area contributed by atoms with Crippen molar-refractivity contribution in [3.05, 3.63) is 28.2 Å². The lowest BCUT2D eigenvalue weighted by atomic mass is 10.2. The van der Waals surface area contributed by atoms with Gasteiger partial charge in [-0.05, 0) is 6.07 Å². The highest BCUT2D eigenvalue weighted by atomic mass is 16.3. The molecule has 1 aromatic rings. The molecule has 1 heterocycles. The fraction of sp³-hybridized carbons (Fsp3) is 0.250. The fourth-order valence-electron chi connectivity index (χ4n) is 0.933. The van der Waals surface area contributed by atoms with Gasteiger partial charge in [-0.25, -0.2) is 0 Å². The van der Waals surface area contributed by atoms with E-state index >= 15 is 0 Å². The van der Waals surface area contributed by atoms with Crippen molar-refractivity contribution < 1.29 is 9.90 Å². The maximum Gasteiger partial charge on any atom is 0.293 e. The zero-order valence-corrected chi connectivity index (χ0v) is 7.37. The summed E-state index contributed by atoms with van der Waals surface area (Å²) in [6.07, 6.45) is 1.42. The van der Waals surface area contributed by atoms with Crippen molar-refractivity contribution in [1.29, 1.82) is 0 Å². The molecule has 0 unspecified atom stereocenters. The smallest absolute Gasteiger partial charge is 0.293 e. The standard InChI is InChI=1S/C8H10N2O3/c1-9-7(12)5-3-4-10(2)8(13)6(5)11/h3-4,11H,1-2H3,(H,9,12). The number of hydrogen-bond acceptors (Lipinski definition) is 3. The van der Waals surface area contributed by atoms with Gasteiger partial charge in [0.15, 0.2) is 5.75 Å². The van der Waals surface area contributed by atoms with Crippen LogP contribution in [0, 0.1) is 0 Å². The lowest BCUT2D eigenvalue weighted by molar-refractivity contribution is 0.0960. The van der Waals surface area contributed by atoms with E-state index in [0.29, 0.717) is 0 Å². The van der Waals surface area contributed by atoms with Crippen molar-refractivity contribution in [2.45, 2.75) is 0 Å². The maximum atomic E-state index is 11.1. The van der Waals surface area contributed by atoms with Gasteiger partial charge in [0.2, 0.25) is 0 Å². The monoisotopic (exact) mass is 182 g/mol. The van der Waals surface area contributed by atoms with E-state index < -0.39 is 17.2 Å². The van der Waals surface area contributed by atoms with Crippen LogP contribution in [0.2, 0.25) is 0 Å². The van der Waals surface area contributed by atoms with E-state index in [2.05, 4.69) is 5.32 Å². The van der Waals surface area contributed by atoms with Crippen LogP contribution in [0.25, 0.3) is 0 Å². The van der Waals surface area contributed by atoms with Gasteiger partial charge in [-0.3, -0.25) is 9.59 Å². The van der Waals surface area contributed by atoms with E-state index in [1.54, 1.807) is 0 Å². The number of pyridine rings is 1. The summed E-state index contributed by atoms with van der Waals surface area (Å²) < 4.78 is 1.20. The molecular formula is C8H10N2O3. The van der Waals surface area contributed by atoms with Crippen LogP contribution >= 0.6 is 0 Å². The second kappa shape index (κ2) is 3.30. The number of carbonyl (C=O) groups is 1. The molecule has 5 nitrogen and oxygen atoms in total. The molecule has 1 rings (SSSR count). The Morgan fingerprint density at radius 1 is 1.62 bits per heavy atom. The van der Waals surface area contributed by atoms with Crippen LogP contribution < -0.4 is 10.9 Å². The number of aromatic hydroxyl groups is 1. The number of aryl methyl sites for hydroxylation is 1. The molecule has 0 atom stereocenters. The molecule has 0 spiro atoms. The first-order chi connectivity index (χ1) is 6.07. The molecule has 0 aromatic carbocycles. The van der Waals surface area contributed by atoms with Crippen molar-refractivity contribution in [2.75, 3.05) is 7.05 Å². The minimum absolute atomic E-state index is 0.00870. The van der Waals surface area contributed by atoms with Crippen molar-refractivity contribution in [3.8, 4) is 5.75 Å². The van der Waals surface area contributed by atoms with Gasteiger partial charge in [0.1, 0.15) is 0 Å². The Labute approximate surface area is 74.6 Å². The Balaban J connectivity index is 3.35. The van der Waals surface area contributed by atoms with E-state index in [9.17, 15) is 14.7 Å². The lowest BCUT2D eigenvalue weighted by Gasteiger charge is -2.03. The zero-order valence-electron chi connectivity index (χ0n) is 7.37. The van der Waals surface area contributed by atoms with Crippen molar-refractivity contribution in [2.24, 2.45) is 7.05 Å². The van der Waals surface area contributed by atoms with Gasteiger partial charge < -0.3 is 15.0 Å². The second-order valence-electron chi connectivity index (χ2n) is 2.57. The number of nitrogens with one attached hydrogen (secondary N) is 1. The molecule has 70 valence electrons. The van der Waals surface area contributed by atoms with E-state index in [-0.39, 0.29) is 5.56 Å². The fourth-order valence-corrected chi connectivity index (χ4v) is 0.933. The maximum absolute atomic E-state index is 11.1. The van der Waals surface area contributed by atoms with E-state index in [1.165, 1.54) is 30.9 Å². The number of aromatic nitrogens is 1. The Morgan fingerprint density at radius 3 is 2.77 bits per heavy atom. The molecule has 0 radical (unpaired) electrons. The van der Waals surface area contributed by atoms with Gasteiger partial charge in [0.25, 0.3) is 11.5 Å². The molecule has 0 aliphatic heterocycles. The lowest BCUT2D eigenvalue weighted by Crippen LogP contribution is -2.23. The van der Waals surface area contributed by atoms with Gasteiger partial charge in [0, 0.05) is 20.3 Å². The van der Waals surface area contributed by atoms with Gasteiger partial charge >= 0.3 is 0 Å². The molecule has 0 aliphatic rings. The van der Waals surface area contributed by atoms with Crippen molar-refractivity contribution >= 4 is 5.91 Å². The first kappa shape index (κ1) is 9.31. The second-order valence-corrected chi connectivity index (χ2v) is 2.57. The molecule has 2 N–H and O–H groups in total. The minimum atomic E-state index is -0.582. The molecule has 5 heteroatoms. The summed E-state index contributed by atoms with van der Waals surface area (Å²) >= 11 is 0. The van der Waals surface area contributed by atoms with Crippen LogP contribution in [0.4, 0.5) is 0 Å². The van der Waals surface area contributed by atoms with Crippen LogP contribution in [0.1, 0.15) is 10.4 Å². The Morgan fingerprint density at radius 2 is 2.23 bits per heavy atom. The molecule has 0 saturated heterocycles. The number of amides is 1. The third kappa shape index (κ3) is 1.53. The van der Waals surface area contributed by atoms with Gasteiger partial charge in [-0.15, -0.1) is 0 Å². The number of rotatable bonds is 1. The van der Waals surface area contributed by atoms with Crippen LogP contribution in [0.15, 0.2) is 17.1 Å². The van der Waals surface area contributed by atoms with Gasteiger partial charge in [0.05, 0.1) is 5.56 Å². The van der Waals surface area contributed by atoms with Crippen LogP contribution in [0.5, 0.6) is 5.75 Å². The average Bonchev–Trinajstić information content (AvgIpc) is 2.13. The Bertz CT molecular complexity index is 395. The molecule has 0 saturated carbocycles. The predicted octanol–water partition coefficient (Wildman–Crippen LogP) is -0.550. The van der Waals surface area contributed by atoms with Gasteiger partial charge in [-0.1, -0.05) is 0 Å². The highest BCUT2D eigenvalue weighted by Crippen LogP contribution is 2.08. The van der Waals surface area contributed by atoms with Crippen LogP contribution in [-0.4, -0.2) is 22.6 Å². The van der Waals surface area contributed by atoms with Gasteiger partial charge in [-0.2, -0.15) is 0 Å². The summed E-state index contributed by atoms with van der Waals surface area (Å²) in [4.78, 5) is 22.2. The van der Waals surface area contributed by atoms with E-state index in [0.717, 1.165) is 0 Å². The van der Waals surface area contributed by atoms with Crippen LogP contribution in [0.3, 0.4) is 0 Å². The minimum Gasteiger partial charge on any atom is -0.502 e. The zero-order chi connectivity index (χ0) is 10.0. The topological polar surface area (TPSA) is 71.3 Å². The molecule has 0 aliphatic carbocycles. The highest BCUT2D eigenvalue weighted by Gasteiger charge is 2.12. The molecule has 0 fully saturated rings. The predicted molar refractivity (Wildman–Crippen MR) is 46.7 cm³/mol. The summed E-state index contributed by atoms with van der Waals surface area (Å²) in [5.41, 5.74) is -0.591. The number of nitrogens with zero attached hydrogens (tertiary/aromatic N) is 1.